The Morgan fingerprint density at radius 1 is 1.04 bits per heavy atom. The fourth-order valence-electron chi connectivity index (χ4n) is 3.09. The number of halogens is 1. The minimum atomic E-state index is -0.388. The van der Waals surface area contributed by atoms with E-state index >= 15 is 0 Å². The van der Waals surface area contributed by atoms with Gasteiger partial charge in [-0.3, -0.25) is 4.79 Å². The Labute approximate surface area is 150 Å². The minimum absolute atomic E-state index is 0.130. The average molecular weight is 348 g/mol. The molecule has 2 aromatic carbocycles. The van der Waals surface area contributed by atoms with Gasteiger partial charge < -0.3 is 10.2 Å². The summed E-state index contributed by atoms with van der Waals surface area (Å²) in [4.78, 5) is 22.9. The number of carbonyl (C=O) groups excluding carboxylic acids is 1. The number of nitrogens with one attached hydrogen (secondary N) is 1. The number of para-hydroxylation sites is 2. The van der Waals surface area contributed by atoms with E-state index in [9.17, 15) is 9.18 Å². The number of fused-ring (bicyclic) bond motifs is 1. The van der Waals surface area contributed by atoms with E-state index < -0.39 is 0 Å². The Balaban J connectivity index is 1.54. The largest absolute Gasteiger partial charge is 0.322 e. The lowest BCUT2D eigenvalue weighted by atomic mass is 10.0. The van der Waals surface area contributed by atoms with E-state index in [0.29, 0.717) is 12.1 Å². The van der Waals surface area contributed by atoms with Gasteiger partial charge in [0.2, 0.25) is 5.95 Å². The molecule has 130 valence electrons. The molecule has 1 aliphatic rings. The van der Waals surface area contributed by atoms with Gasteiger partial charge >= 0.3 is 0 Å². The summed E-state index contributed by atoms with van der Waals surface area (Å²) in [6.45, 7) is 0.672. The molecule has 1 aromatic heterocycles. The quantitative estimate of drug-likeness (QED) is 0.779. The Kier molecular flexibility index (Phi) is 4.31. The van der Waals surface area contributed by atoms with E-state index in [2.05, 4.69) is 15.3 Å². The monoisotopic (exact) mass is 348 g/mol. The number of benzene rings is 2. The van der Waals surface area contributed by atoms with E-state index in [4.69, 9.17) is 0 Å². The molecule has 1 amide bonds. The van der Waals surface area contributed by atoms with Crippen LogP contribution in [0, 0.1) is 5.82 Å². The normalized spacial score (nSPS) is 13.2. The molecular formula is C20H17FN4O. The molecule has 0 radical (unpaired) electrons. The van der Waals surface area contributed by atoms with Crippen LogP contribution in [-0.4, -0.2) is 22.4 Å². The van der Waals surface area contributed by atoms with E-state index in [0.717, 1.165) is 18.5 Å². The molecule has 0 unspecified atom stereocenters. The van der Waals surface area contributed by atoms with E-state index in [1.165, 1.54) is 24.0 Å². The summed E-state index contributed by atoms with van der Waals surface area (Å²) in [5, 5.41) is 2.81. The van der Waals surface area contributed by atoms with Crippen molar-refractivity contribution in [2.24, 2.45) is 0 Å². The van der Waals surface area contributed by atoms with Gasteiger partial charge in [-0.25, -0.2) is 14.4 Å². The van der Waals surface area contributed by atoms with Gasteiger partial charge in [-0.2, -0.15) is 0 Å². The van der Waals surface area contributed by atoms with Crippen molar-refractivity contribution in [1.29, 1.82) is 0 Å². The number of rotatable bonds is 3. The minimum Gasteiger partial charge on any atom is -0.322 e. The number of amides is 1. The molecule has 2 heterocycles. The summed E-state index contributed by atoms with van der Waals surface area (Å²) in [5.41, 5.74) is 2.81. The van der Waals surface area contributed by atoms with E-state index in [-0.39, 0.29) is 23.4 Å². The lowest BCUT2D eigenvalue weighted by Crippen LogP contribution is -2.35. The summed E-state index contributed by atoms with van der Waals surface area (Å²) in [6, 6.07) is 14.2. The fraction of sp³-hybridized carbons (Fsp3) is 0.150. The Hall–Kier alpha value is -3.28. The first-order chi connectivity index (χ1) is 12.7. The zero-order valence-electron chi connectivity index (χ0n) is 14.0. The van der Waals surface area contributed by atoms with Crippen LogP contribution in [0.3, 0.4) is 0 Å². The SMILES string of the molecule is O=C(c1cnc(Nc2ccccc2F)nc1)N1CCCc2ccccc21. The van der Waals surface area contributed by atoms with Crippen LogP contribution in [0.25, 0.3) is 0 Å². The van der Waals surface area contributed by atoms with Crippen molar-refractivity contribution >= 4 is 23.2 Å². The maximum absolute atomic E-state index is 13.7. The highest BCUT2D eigenvalue weighted by atomic mass is 19.1. The van der Waals surface area contributed by atoms with Gasteiger partial charge in [0.15, 0.2) is 0 Å². The van der Waals surface area contributed by atoms with Gasteiger partial charge in [-0.1, -0.05) is 30.3 Å². The topological polar surface area (TPSA) is 58.1 Å². The first-order valence-electron chi connectivity index (χ1n) is 8.46. The highest BCUT2D eigenvalue weighted by Gasteiger charge is 2.23. The van der Waals surface area contributed by atoms with Gasteiger partial charge in [0.25, 0.3) is 5.91 Å². The number of anilines is 3. The van der Waals surface area contributed by atoms with E-state index in [1.807, 2.05) is 24.3 Å². The number of aromatic nitrogens is 2. The lowest BCUT2D eigenvalue weighted by Gasteiger charge is -2.29. The van der Waals surface area contributed by atoms with Crippen LogP contribution >= 0.6 is 0 Å². The molecule has 26 heavy (non-hydrogen) atoms. The van der Waals surface area contributed by atoms with Crippen molar-refractivity contribution in [2.45, 2.75) is 12.8 Å². The molecule has 5 nitrogen and oxygen atoms in total. The maximum Gasteiger partial charge on any atom is 0.261 e. The lowest BCUT2D eigenvalue weighted by molar-refractivity contribution is 0.0984. The second-order valence-corrected chi connectivity index (χ2v) is 6.09. The molecule has 3 aromatic rings. The van der Waals surface area contributed by atoms with Gasteiger partial charge in [-0.05, 0) is 36.6 Å². The molecule has 0 bridgehead atoms. The highest BCUT2D eigenvalue weighted by Crippen LogP contribution is 2.28. The van der Waals surface area contributed by atoms with Crippen molar-refractivity contribution < 1.29 is 9.18 Å². The van der Waals surface area contributed by atoms with Crippen molar-refractivity contribution in [1.82, 2.24) is 9.97 Å². The number of hydrogen-bond donors (Lipinski definition) is 1. The Morgan fingerprint density at radius 2 is 1.77 bits per heavy atom. The number of hydrogen-bond acceptors (Lipinski definition) is 4. The number of nitrogens with zero attached hydrogens (tertiary/aromatic N) is 3. The van der Waals surface area contributed by atoms with Crippen LogP contribution in [0.1, 0.15) is 22.3 Å². The van der Waals surface area contributed by atoms with Gasteiger partial charge in [0, 0.05) is 24.6 Å². The third kappa shape index (κ3) is 3.13. The number of carbonyl (C=O) groups is 1. The molecule has 0 saturated carbocycles. The fourth-order valence-corrected chi connectivity index (χ4v) is 3.09. The van der Waals surface area contributed by atoms with Crippen molar-refractivity contribution in [2.75, 3.05) is 16.8 Å². The molecule has 0 fully saturated rings. The molecule has 0 saturated heterocycles. The van der Waals surface area contributed by atoms with Gasteiger partial charge in [0.05, 0.1) is 11.3 Å². The van der Waals surface area contributed by atoms with Crippen LogP contribution in [0.15, 0.2) is 60.9 Å². The smallest absolute Gasteiger partial charge is 0.261 e. The summed E-state index contributed by atoms with van der Waals surface area (Å²) in [6.07, 6.45) is 4.84. The molecule has 6 heteroatoms. The molecule has 0 aliphatic carbocycles. The van der Waals surface area contributed by atoms with Crippen molar-refractivity contribution in [3.8, 4) is 0 Å². The summed E-state index contributed by atoms with van der Waals surface area (Å²) in [7, 11) is 0. The van der Waals surface area contributed by atoms with Crippen LogP contribution in [-0.2, 0) is 6.42 Å². The summed E-state index contributed by atoms with van der Waals surface area (Å²) in [5.74, 6) is -0.276. The molecule has 0 spiro atoms. The average Bonchev–Trinajstić information content (AvgIpc) is 2.69. The molecule has 4 rings (SSSR count). The van der Waals surface area contributed by atoms with Crippen LogP contribution in [0.2, 0.25) is 0 Å². The summed E-state index contributed by atoms with van der Waals surface area (Å²) < 4.78 is 13.7. The molecular weight excluding hydrogens is 331 g/mol. The van der Waals surface area contributed by atoms with Crippen molar-refractivity contribution in [3.05, 3.63) is 77.9 Å². The van der Waals surface area contributed by atoms with Crippen LogP contribution in [0.4, 0.5) is 21.7 Å². The Morgan fingerprint density at radius 3 is 2.58 bits per heavy atom. The Bertz CT molecular complexity index is 943. The molecule has 1 aliphatic heterocycles. The number of aryl methyl sites for hydroxylation is 1. The van der Waals surface area contributed by atoms with Crippen molar-refractivity contribution in [3.63, 3.8) is 0 Å². The van der Waals surface area contributed by atoms with Gasteiger partial charge in [-0.15, -0.1) is 0 Å². The second-order valence-electron chi connectivity index (χ2n) is 6.09. The van der Waals surface area contributed by atoms with E-state index in [1.54, 1.807) is 23.1 Å². The second kappa shape index (κ2) is 6.92. The van der Waals surface area contributed by atoms with Crippen LogP contribution in [0.5, 0.6) is 0 Å². The zero-order valence-corrected chi connectivity index (χ0v) is 14.0. The maximum atomic E-state index is 13.7. The zero-order chi connectivity index (χ0) is 17.9. The van der Waals surface area contributed by atoms with Gasteiger partial charge in [0.1, 0.15) is 5.82 Å². The third-order valence-electron chi connectivity index (χ3n) is 4.37. The highest BCUT2D eigenvalue weighted by molar-refractivity contribution is 6.06. The van der Waals surface area contributed by atoms with Crippen LogP contribution < -0.4 is 10.2 Å². The standard InChI is InChI=1S/C20H17FN4O/c21-16-8-2-3-9-17(16)24-20-22-12-15(13-23-20)19(26)25-11-5-7-14-6-1-4-10-18(14)25/h1-4,6,8-10,12-13H,5,7,11H2,(H,22,23,24). The predicted molar refractivity (Wildman–Crippen MR) is 98.2 cm³/mol. The third-order valence-corrected chi connectivity index (χ3v) is 4.37. The molecule has 1 N–H and O–H groups in total. The summed E-state index contributed by atoms with van der Waals surface area (Å²) >= 11 is 0. The first-order valence-corrected chi connectivity index (χ1v) is 8.46. The molecule has 0 atom stereocenters. The predicted octanol–water partition coefficient (Wildman–Crippen LogP) is 3.95. The first kappa shape index (κ1) is 16.2.